The summed E-state index contributed by atoms with van der Waals surface area (Å²) in [5.74, 6) is 0.580. The van der Waals surface area contributed by atoms with E-state index in [2.05, 4.69) is 29.7 Å². The molecule has 0 radical (unpaired) electrons. The van der Waals surface area contributed by atoms with Gasteiger partial charge in [-0.25, -0.2) is 28.3 Å². The third-order valence-corrected chi connectivity index (χ3v) is 10.5. The Morgan fingerprint density at radius 3 is 1.26 bits per heavy atom. The Balaban J connectivity index is 0.000000186. The molecule has 0 aliphatic carbocycles. The molecule has 18 heteroatoms. The van der Waals surface area contributed by atoms with Crippen molar-refractivity contribution in [2.75, 3.05) is 62.2 Å². The second-order valence-electron chi connectivity index (χ2n) is 17.2. The van der Waals surface area contributed by atoms with Gasteiger partial charge in [0, 0.05) is 85.9 Å². The Labute approximate surface area is 369 Å². The van der Waals surface area contributed by atoms with E-state index in [-0.39, 0.29) is 37.4 Å². The molecule has 62 heavy (non-hydrogen) atoms. The highest BCUT2D eigenvalue weighted by Crippen LogP contribution is 2.32. The smallest absolute Gasteiger partial charge is 0.410 e. The van der Waals surface area contributed by atoms with Gasteiger partial charge in [0.05, 0.1) is 0 Å². The largest absolute Gasteiger partial charge is 0.458 e. The summed E-state index contributed by atoms with van der Waals surface area (Å²) in [5, 5.41) is 0.665. The number of carbonyl (C=O) groups is 2. The van der Waals surface area contributed by atoms with Crippen molar-refractivity contribution in [1.29, 1.82) is 0 Å². The van der Waals surface area contributed by atoms with E-state index in [4.69, 9.17) is 42.1 Å². The monoisotopic (exact) mass is 892 g/mol. The molecule has 4 aliphatic heterocycles. The molecule has 2 aromatic heterocycles. The lowest BCUT2D eigenvalue weighted by molar-refractivity contribution is 0.0287. The van der Waals surface area contributed by atoms with Crippen molar-refractivity contribution in [2.45, 2.75) is 66.0 Å². The van der Waals surface area contributed by atoms with Crippen molar-refractivity contribution in [1.82, 2.24) is 29.7 Å². The van der Waals surface area contributed by atoms with Crippen LogP contribution in [0.1, 0.15) is 52.7 Å². The van der Waals surface area contributed by atoms with E-state index in [0.717, 1.165) is 11.6 Å². The summed E-state index contributed by atoms with van der Waals surface area (Å²) in [4.78, 5) is 49.4. The molecule has 6 heterocycles. The Kier molecular flexibility index (Phi) is 13.1. The number of ether oxygens (including phenoxy) is 4. The van der Waals surface area contributed by atoms with Crippen molar-refractivity contribution in [3.05, 3.63) is 116 Å². The van der Waals surface area contributed by atoms with E-state index in [9.17, 15) is 18.4 Å². The predicted octanol–water partition coefficient (Wildman–Crippen LogP) is 8.43. The summed E-state index contributed by atoms with van der Waals surface area (Å²) in [6.07, 6.45) is 2.65. The molecule has 0 saturated heterocycles. The SMILES string of the molecule is CC(C)(C)OC(=O)N1CC2=C(C1)CN(c1ccnc(OCc3ccc(Cl)cc3F)n1)C2.CC(C)(C)OC(=O)N1CC2=C(C1)CN(c1ccnc(OCc3ccc(Cl)cc3F)n1)C2. The van der Waals surface area contributed by atoms with Crippen LogP contribution >= 0.6 is 23.2 Å². The maximum atomic E-state index is 13.9. The quantitative estimate of drug-likeness (QED) is 0.157. The van der Waals surface area contributed by atoms with Crippen LogP contribution in [0.15, 0.2) is 83.2 Å². The van der Waals surface area contributed by atoms with Gasteiger partial charge in [-0.15, -0.1) is 0 Å². The topological polar surface area (TPSA) is 136 Å². The molecule has 0 bridgehead atoms. The van der Waals surface area contributed by atoms with Gasteiger partial charge in [0.2, 0.25) is 0 Å². The van der Waals surface area contributed by atoms with Gasteiger partial charge in [-0.3, -0.25) is 0 Å². The summed E-state index contributed by atoms with van der Waals surface area (Å²) in [6, 6.07) is 12.8. The number of nitrogens with zero attached hydrogens (tertiary/aromatic N) is 8. The summed E-state index contributed by atoms with van der Waals surface area (Å²) in [6.45, 7) is 16.1. The zero-order valence-corrected chi connectivity index (χ0v) is 36.9. The standard InChI is InChI=1S/2C22H24ClFN4O3/c2*1-22(2,3)31-21(29)28-11-15-9-27(10-16(15)12-28)19-6-7-25-20(26-19)30-13-14-4-5-17(23)8-18(14)24/h2*4-8H,9-13H2,1-3H3. The number of anilines is 2. The zero-order valence-electron chi connectivity index (χ0n) is 35.4. The van der Waals surface area contributed by atoms with Crippen molar-refractivity contribution in [2.24, 2.45) is 0 Å². The van der Waals surface area contributed by atoms with Gasteiger partial charge in [-0.1, -0.05) is 35.3 Å². The number of aromatic nitrogens is 4. The molecule has 8 rings (SSSR count). The minimum Gasteiger partial charge on any atom is -0.458 e. The number of amides is 2. The van der Waals surface area contributed by atoms with E-state index >= 15 is 0 Å². The predicted molar refractivity (Wildman–Crippen MR) is 230 cm³/mol. The van der Waals surface area contributed by atoms with E-state index < -0.39 is 22.8 Å². The van der Waals surface area contributed by atoms with Crippen LogP contribution in [-0.2, 0) is 22.7 Å². The first-order valence-electron chi connectivity index (χ1n) is 20.0. The van der Waals surface area contributed by atoms with Crippen molar-refractivity contribution < 1.29 is 37.3 Å². The van der Waals surface area contributed by atoms with Crippen LogP contribution in [0.25, 0.3) is 0 Å². The van der Waals surface area contributed by atoms with Gasteiger partial charge in [0.1, 0.15) is 47.7 Å². The third-order valence-electron chi connectivity index (χ3n) is 9.99. The number of hydrogen-bond acceptors (Lipinski definition) is 12. The van der Waals surface area contributed by atoms with Gasteiger partial charge >= 0.3 is 24.2 Å². The first kappa shape index (κ1) is 44.3. The lowest BCUT2D eigenvalue weighted by atomic mass is 10.2. The minimum atomic E-state index is -0.511. The lowest BCUT2D eigenvalue weighted by Gasteiger charge is -2.27. The van der Waals surface area contributed by atoms with Gasteiger partial charge in [0.25, 0.3) is 0 Å². The van der Waals surface area contributed by atoms with E-state index in [1.54, 1.807) is 46.5 Å². The highest BCUT2D eigenvalue weighted by Gasteiger charge is 2.36. The Bertz CT molecular complexity index is 2200. The third kappa shape index (κ3) is 11.4. The number of benzene rings is 2. The fraction of sp³-hybridized carbons (Fsp3) is 0.409. The maximum absolute atomic E-state index is 13.9. The molecule has 0 saturated carbocycles. The molecule has 4 aromatic rings. The Hall–Kier alpha value is -5.74. The number of carbonyl (C=O) groups excluding carboxylic acids is 2. The number of halogens is 4. The number of hydrogen-bond donors (Lipinski definition) is 0. The molecule has 0 N–H and O–H groups in total. The molecule has 14 nitrogen and oxygen atoms in total. The fourth-order valence-electron chi connectivity index (χ4n) is 7.11. The van der Waals surface area contributed by atoms with Crippen LogP contribution in [0, 0.1) is 11.6 Å². The van der Waals surface area contributed by atoms with Crippen LogP contribution < -0.4 is 19.3 Å². The van der Waals surface area contributed by atoms with Crippen molar-refractivity contribution >= 4 is 47.0 Å². The molecule has 0 fully saturated rings. The fourth-order valence-corrected chi connectivity index (χ4v) is 7.43. The zero-order chi connectivity index (χ0) is 44.3. The highest BCUT2D eigenvalue weighted by molar-refractivity contribution is 6.30. The Morgan fingerprint density at radius 2 is 0.935 bits per heavy atom. The summed E-state index contributed by atoms with van der Waals surface area (Å²) >= 11 is 11.6. The summed E-state index contributed by atoms with van der Waals surface area (Å²) < 4.78 is 50.0. The second-order valence-corrected chi connectivity index (χ2v) is 18.1. The first-order valence-corrected chi connectivity index (χ1v) is 20.8. The molecule has 0 unspecified atom stereocenters. The van der Waals surface area contributed by atoms with Gasteiger partial charge in [-0.2, -0.15) is 9.97 Å². The summed E-state index contributed by atoms with van der Waals surface area (Å²) in [7, 11) is 0. The summed E-state index contributed by atoms with van der Waals surface area (Å²) in [5.41, 5.74) is 4.55. The Morgan fingerprint density at radius 1 is 0.581 bits per heavy atom. The molecular formula is C44H48Cl2F2N8O6. The van der Waals surface area contributed by atoms with Crippen LogP contribution in [-0.4, -0.2) is 105 Å². The van der Waals surface area contributed by atoms with Crippen LogP contribution in [0.4, 0.5) is 30.0 Å². The minimum absolute atomic E-state index is 0.00601. The number of rotatable bonds is 8. The maximum Gasteiger partial charge on any atom is 0.410 e. The van der Waals surface area contributed by atoms with Crippen molar-refractivity contribution in [3.63, 3.8) is 0 Å². The molecule has 328 valence electrons. The van der Waals surface area contributed by atoms with Crippen LogP contribution in [0.3, 0.4) is 0 Å². The molecule has 2 aromatic carbocycles. The van der Waals surface area contributed by atoms with E-state index in [1.807, 2.05) is 53.7 Å². The average molecular weight is 894 g/mol. The second kappa shape index (κ2) is 18.3. The van der Waals surface area contributed by atoms with Gasteiger partial charge in [-0.05, 0) is 100 Å². The highest BCUT2D eigenvalue weighted by atomic mass is 35.5. The molecular weight excluding hydrogens is 845 g/mol. The molecule has 4 aliphatic rings. The molecule has 0 atom stereocenters. The van der Waals surface area contributed by atoms with E-state index in [1.165, 1.54) is 34.4 Å². The van der Waals surface area contributed by atoms with Crippen LogP contribution in [0.5, 0.6) is 12.0 Å². The van der Waals surface area contributed by atoms with Crippen molar-refractivity contribution in [3.8, 4) is 12.0 Å². The van der Waals surface area contributed by atoms with Gasteiger partial charge < -0.3 is 38.5 Å². The average Bonchev–Trinajstić information content (AvgIpc) is 3.97. The molecule has 0 spiro atoms. The van der Waals surface area contributed by atoms with E-state index in [0.29, 0.717) is 73.5 Å². The lowest BCUT2D eigenvalue weighted by Crippen LogP contribution is -2.38. The first-order chi connectivity index (χ1) is 29.4. The van der Waals surface area contributed by atoms with Gasteiger partial charge in [0.15, 0.2) is 0 Å². The molecule has 2 amide bonds. The van der Waals surface area contributed by atoms with Crippen LogP contribution in [0.2, 0.25) is 10.0 Å². The normalized spacial score (nSPS) is 16.0.